The van der Waals surface area contributed by atoms with E-state index in [-0.39, 0.29) is 11.3 Å². The summed E-state index contributed by atoms with van der Waals surface area (Å²) in [5, 5.41) is 12.4. The molecule has 3 aromatic heterocycles. The van der Waals surface area contributed by atoms with Crippen molar-refractivity contribution in [3.05, 3.63) is 87.5 Å². The molecular formula is C21H18FN9O3. The van der Waals surface area contributed by atoms with Gasteiger partial charge in [0.05, 0.1) is 5.69 Å². The predicted octanol–water partition coefficient (Wildman–Crippen LogP) is -0.00200. The van der Waals surface area contributed by atoms with E-state index in [2.05, 4.69) is 25.3 Å². The molecule has 34 heavy (non-hydrogen) atoms. The van der Waals surface area contributed by atoms with Crippen LogP contribution in [0.15, 0.2) is 64.8 Å². The number of H-pyrrole nitrogens is 1. The molecule has 1 aliphatic heterocycles. The first-order chi connectivity index (χ1) is 16.5. The molecule has 0 unspecified atom stereocenters. The molecule has 4 aromatic rings. The molecule has 0 aliphatic carbocycles. The molecule has 0 radical (unpaired) electrons. The summed E-state index contributed by atoms with van der Waals surface area (Å²) in [6, 6.07) is 8.45. The lowest BCUT2D eigenvalue weighted by molar-refractivity contribution is 0.0743. The maximum atomic E-state index is 13.2. The van der Waals surface area contributed by atoms with E-state index in [9.17, 15) is 18.8 Å². The lowest BCUT2D eigenvalue weighted by Crippen LogP contribution is -2.50. The molecule has 0 spiro atoms. The Kier molecular flexibility index (Phi) is 5.41. The van der Waals surface area contributed by atoms with Crippen LogP contribution in [0.2, 0.25) is 0 Å². The lowest BCUT2D eigenvalue weighted by atomic mass is 10.2. The number of amides is 1. The van der Waals surface area contributed by atoms with E-state index in [1.54, 1.807) is 6.07 Å². The normalized spacial score (nSPS) is 13.8. The zero-order valence-electron chi connectivity index (χ0n) is 17.7. The highest BCUT2D eigenvalue weighted by Crippen LogP contribution is 2.15. The van der Waals surface area contributed by atoms with Crippen molar-refractivity contribution in [3.8, 4) is 11.5 Å². The van der Waals surface area contributed by atoms with Crippen molar-refractivity contribution in [2.24, 2.45) is 0 Å². The van der Waals surface area contributed by atoms with Crippen molar-refractivity contribution in [2.75, 3.05) is 31.1 Å². The monoisotopic (exact) mass is 463 g/mol. The molecule has 0 saturated carbocycles. The maximum Gasteiger partial charge on any atom is 0.333 e. The van der Waals surface area contributed by atoms with Crippen molar-refractivity contribution >= 4 is 11.7 Å². The molecule has 172 valence electrons. The van der Waals surface area contributed by atoms with E-state index >= 15 is 0 Å². The van der Waals surface area contributed by atoms with Gasteiger partial charge in [0.1, 0.15) is 24.0 Å². The fraction of sp³-hybridized carbons (Fsp3) is 0.190. The predicted molar refractivity (Wildman–Crippen MR) is 118 cm³/mol. The van der Waals surface area contributed by atoms with Crippen LogP contribution in [0.4, 0.5) is 10.2 Å². The minimum absolute atomic E-state index is 0.167. The largest absolute Gasteiger partial charge is 0.352 e. The summed E-state index contributed by atoms with van der Waals surface area (Å²) in [5.74, 6) is 0.185. The molecule has 1 amide bonds. The van der Waals surface area contributed by atoms with E-state index in [0.29, 0.717) is 37.8 Å². The highest BCUT2D eigenvalue weighted by Gasteiger charge is 2.26. The summed E-state index contributed by atoms with van der Waals surface area (Å²) in [7, 11) is 0. The van der Waals surface area contributed by atoms with Crippen LogP contribution >= 0.6 is 0 Å². The number of hydrogen-bond donors (Lipinski definition) is 1. The molecule has 1 saturated heterocycles. The average molecular weight is 463 g/mol. The summed E-state index contributed by atoms with van der Waals surface area (Å²) < 4.78 is 15.6. The molecule has 0 atom stereocenters. The average Bonchev–Trinajstić information content (AvgIpc) is 3.40. The van der Waals surface area contributed by atoms with E-state index in [1.165, 1.54) is 34.4 Å². The minimum Gasteiger partial charge on any atom is -0.352 e. The Bertz CT molecular complexity index is 1420. The SMILES string of the molecule is O=C(c1c[nH]c(=O)n(-c2ccc(F)cc2)c1=O)N1CCN(c2ccc(-n3cncn3)nn2)CC1. The molecule has 12 nitrogen and oxygen atoms in total. The van der Waals surface area contributed by atoms with E-state index in [0.717, 1.165) is 22.9 Å². The fourth-order valence-corrected chi connectivity index (χ4v) is 3.70. The van der Waals surface area contributed by atoms with Crippen LogP contribution in [0, 0.1) is 5.82 Å². The zero-order chi connectivity index (χ0) is 23.7. The molecule has 1 aromatic carbocycles. The minimum atomic E-state index is -0.766. The first-order valence-corrected chi connectivity index (χ1v) is 10.3. The second kappa shape index (κ2) is 8.69. The summed E-state index contributed by atoms with van der Waals surface area (Å²) in [6.07, 6.45) is 4.05. The Morgan fingerprint density at radius 2 is 1.65 bits per heavy atom. The van der Waals surface area contributed by atoms with Gasteiger partial charge in [-0.2, -0.15) is 5.10 Å². The molecule has 1 N–H and O–H groups in total. The van der Waals surface area contributed by atoms with Crippen molar-refractivity contribution in [2.45, 2.75) is 0 Å². The summed E-state index contributed by atoms with van der Waals surface area (Å²) in [4.78, 5) is 48.0. The van der Waals surface area contributed by atoms with Crippen molar-refractivity contribution in [1.29, 1.82) is 0 Å². The van der Waals surface area contributed by atoms with Crippen LogP contribution in [0.3, 0.4) is 0 Å². The number of carbonyl (C=O) groups is 1. The third-order valence-electron chi connectivity index (χ3n) is 5.47. The van der Waals surface area contributed by atoms with Gasteiger partial charge in [0.25, 0.3) is 11.5 Å². The quantitative estimate of drug-likeness (QED) is 0.447. The first-order valence-electron chi connectivity index (χ1n) is 10.3. The second-order valence-electron chi connectivity index (χ2n) is 7.49. The smallest absolute Gasteiger partial charge is 0.333 e. The van der Waals surface area contributed by atoms with Gasteiger partial charge in [0.15, 0.2) is 11.6 Å². The van der Waals surface area contributed by atoms with Crippen LogP contribution in [0.1, 0.15) is 10.4 Å². The Morgan fingerprint density at radius 1 is 0.941 bits per heavy atom. The van der Waals surface area contributed by atoms with Crippen LogP contribution < -0.4 is 16.1 Å². The molecule has 13 heteroatoms. The topological polar surface area (TPSA) is 135 Å². The van der Waals surface area contributed by atoms with Gasteiger partial charge in [-0.25, -0.2) is 23.4 Å². The van der Waals surface area contributed by atoms with Crippen LogP contribution in [-0.2, 0) is 0 Å². The zero-order valence-corrected chi connectivity index (χ0v) is 17.7. The lowest BCUT2D eigenvalue weighted by Gasteiger charge is -2.35. The standard InChI is InChI=1S/C21H18FN9O3/c22-14-1-3-15(4-2-14)31-20(33)16(11-24-21(31)34)19(32)29-9-7-28(8-10-29)17-5-6-18(27-26-17)30-13-23-12-25-30/h1-6,11-13H,7-10H2,(H,24,34). The van der Waals surface area contributed by atoms with Gasteiger partial charge in [-0.3, -0.25) is 9.59 Å². The van der Waals surface area contributed by atoms with E-state index in [4.69, 9.17) is 0 Å². The van der Waals surface area contributed by atoms with Gasteiger partial charge in [-0.1, -0.05) is 0 Å². The van der Waals surface area contributed by atoms with Crippen LogP contribution in [-0.4, -0.2) is 71.5 Å². The fourth-order valence-electron chi connectivity index (χ4n) is 3.70. The van der Waals surface area contributed by atoms with Crippen LogP contribution in [0.5, 0.6) is 0 Å². The number of carbonyl (C=O) groups excluding carboxylic acids is 1. The third-order valence-corrected chi connectivity index (χ3v) is 5.47. The number of hydrogen-bond acceptors (Lipinski definition) is 8. The number of nitrogens with one attached hydrogen (secondary N) is 1. The van der Waals surface area contributed by atoms with Gasteiger partial charge < -0.3 is 14.8 Å². The third kappa shape index (κ3) is 3.94. The molecule has 0 bridgehead atoms. The van der Waals surface area contributed by atoms with Crippen LogP contribution in [0.25, 0.3) is 11.5 Å². The number of rotatable bonds is 4. The number of halogens is 1. The van der Waals surface area contributed by atoms with Gasteiger partial charge in [0, 0.05) is 32.4 Å². The number of anilines is 1. The second-order valence-corrected chi connectivity index (χ2v) is 7.49. The Morgan fingerprint density at radius 3 is 2.29 bits per heavy atom. The highest BCUT2D eigenvalue weighted by molar-refractivity contribution is 5.93. The summed E-state index contributed by atoms with van der Waals surface area (Å²) >= 11 is 0. The van der Waals surface area contributed by atoms with Gasteiger partial charge in [-0.05, 0) is 36.4 Å². The van der Waals surface area contributed by atoms with E-state index < -0.39 is 23.0 Å². The van der Waals surface area contributed by atoms with Gasteiger partial charge in [-0.15, -0.1) is 10.2 Å². The Balaban J connectivity index is 1.31. The Hall–Kier alpha value is -4.68. The van der Waals surface area contributed by atoms with Gasteiger partial charge >= 0.3 is 5.69 Å². The van der Waals surface area contributed by atoms with Crippen molar-refractivity contribution < 1.29 is 9.18 Å². The molecule has 4 heterocycles. The number of aromatic amines is 1. The maximum absolute atomic E-state index is 13.2. The molecule has 1 aliphatic rings. The molecule has 5 rings (SSSR count). The summed E-state index contributed by atoms with van der Waals surface area (Å²) in [6.45, 7) is 1.66. The number of nitrogens with zero attached hydrogens (tertiary/aromatic N) is 8. The Labute approximate surface area is 190 Å². The molecule has 1 fully saturated rings. The van der Waals surface area contributed by atoms with Crippen molar-refractivity contribution in [1.82, 2.24) is 39.4 Å². The number of benzene rings is 1. The van der Waals surface area contributed by atoms with Crippen molar-refractivity contribution in [3.63, 3.8) is 0 Å². The molecular weight excluding hydrogens is 445 g/mol. The van der Waals surface area contributed by atoms with Gasteiger partial charge in [0.2, 0.25) is 0 Å². The first kappa shape index (κ1) is 21.2. The van der Waals surface area contributed by atoms with E-state index in [1.807, 2.05) is 11.0 Å². The highest BCUT2D eigenvalue weighted by atomic mass is 19.1. The number of piperazine rings is 1. The number of aromatic nitrogens is 7. The summed E-state index contributed by atoms with van der Waals surface area (Å²) in [5.41, 5.74) is -1.49.